The van der Waals surface area contributed by atoms with E-state index in [0.29, 0.717) is 5.15 Å². The lowest BCUT2D eigenvalue weighted by Crippen LogP contribution is -2.02. The standard InChI is InChI=1S/C9H9ClN2S/c1-11-5-6-4-7-8(13-6)2-3-9(10)12-7/h2-4,11H,5H2,1H3. The molecule has 0 aliphatic rings. The first-order valence-corrected chi connectivity index (χ1v) is 5.18. The molecule has 0 fully saturated rings. The third-order valence-corrected chi connectivity index (χ3v) is 3.04. The van der Waals surface area contributed by atoms with Crippen LogP contribution in [0.4, 0.5) is 0 Å². The van der Waals surface area contributed by atoms with E-state index in [1.165, 1.54) is 9.58 Å². The van der Waals surface area contributed by atoms with Gasteiger partial charge in [0.15, 0.2) is 0 Å². The van der Waals surface area contributed by atoms with Crippen molar-refractivity contribution in [3.8, 4) is 0 Å². The predicted octanol–water partition coefficient (Wildman–Crippen LogP) is 2.67. The van der Waals surface area contributed by atoms with Gasteiger partial charge in [0.05, 0.1) is 10.2 Å². The topological polar surface area (TPSA) is 24.9 Å². The number of thiophene rings is 1. The Morgan fingerprint density at radius 1 is 1.54 bits per heavy atom. The van der Waals surface area contributed by atoms with E-state index in [0.717, 1.165) is 12.1 Å². The van der Waals surface area contributed by atoms with Gasteiger partial charge >= 0.3 is 0 Å². The molecular formula is C9H9ClN2S. The third-order valence-electron chi connectivity index (χ3n) is 1.74. The Hall–Kier alpha value is -0.640. The minimum atomic E-state index is 0.557. The van der Waals surface area contributed by atoms with E-state index in [1.54, 1.807) is 11.3 Å². The molecule has 68 valence electrons. The molecule has 0 spiro atoms. The first kappa shape index (κ1) is 8.94. The average molecular weight is 213 g/mol. The van der Waals surface area contributed by atoms with E-state index in [9.17, 15) is 0 Å². The first-order valence-electron chi connectivity index (χ1n) is 3.99. The fourth-order valence-electron chi connectivity index (χ4n) is 1.21. The fraction of sp³-hybridized carbons (Fsp3) is 0.222. The second-order valence-corrected chi connectivity index (χ2v) is 4.32. The molecule has 0 unspecified atom stereocenters. The number of nitrogens with one attached hydrogen (secondary N) is 1. The molecule has 0 aromatic carbocycles. The highest BCUT2D eigenvalue weighted by atomic mass is 35.5. The smallest absolute Gasteiger partial charge is 0.129 e. The molecule has 0 amide bonds. The van der Waals surface area contributed by atoms with Gasteiger partial charge in [-0.25, -0.2) is 4.98 Å². The van der Waals surface area contributed by atoms with Crippen LogP contribution >= 0.6 is 22.9 Å². The van der Waals surface area contributed by atoms with Crippen LogP contribution in [0.1, 0.15) is 4.88 Å². The van der Waals surface area contributed by atoms with E-state index in [-0.39, 0.29) is 0 Å². The summed E-state index contributed by atoms with van der Waals surface area (Å²) in [6.45, 7) is 0.888. The molecule has 13 heavy (non-hydrogen) atoms. The van der Waals surface area contributed by atoms with Crippen LogP contribution in [0.3, 0.4) is 0 Å². The molecule has 2 aromatic heterocycles. The van der Waals surface area contributed by atoms with Crippen LogP contribution in [0.2, 0.25) is 5.15 Å². The predicted molar refractivity (Wildman–Crippen MR) is 57.4 cm³/mol. The molecule has 0 saturated heterocycles. The summed E-state index contributed by atoms with van der Waals surface area (Å²) in [5, 5.41) is 3.67. The van der Waals surface area contributed by atoms with Crippen LogP contribution in [-0.4, -0.2) is 12.0 Å². The molecule has 0 saturated carbocycles. The molecule has 0 radical (unpaired) electrons. The maximum absolute atomic E-state index is 5.78. The van der Waals surface area contributed by atoms with Gasteiger partial charge in [-0.05, 0) is 25.2 Å². The molecule has 4 heteroatoms. The SMILES string of the molecule is CNCc1cc2nc(Cl)ccc2s1. The van der Waals surface area contributed by atoms with Gasteiger partial charge in [-0.15, -0.1) is 11.3 Å². The third kappa shape index (κ3) is 1.82. The van der Waals surface area contributed by atoms with Crippen LogP contribution in [0, 0.1) is 0 Å². The van der Waals surface area contributed by atoms with Crippen molar-refractivity contribution in [3.05, 3.63) is 28.2 Å². The Labute approximate surface area is 85.6 Å². The number of hydrogen-bond donors (Lipinski definition) is 1. The molecule has 0 aliphatic heterocycles. The van der Waals surface area contributed by atoms with Gasteiger partial charge in [-0.1, -0.05) is 11.6 Å². The molecule has 0 atom stereocenters. The fourth-order valence-corrected chi connectivity index (χ4v) is 2.38. The van der Waals surface area contributed by atoms with Gasteiger partial charge < -0.3 is 5.32 Å². The lowest BCUT2D eigenvalue weighted by Gasteiger charge is -1.89. The maximum Gasteiger partial charge on any atom is 0.129 e. The van der Waals surface area contributed by atoms with Crippen molar-refractivity contribution in [2.24, 2.45) is 0 Å². The second kappa shape index (κ2) is 3.62. The number of nitrogens with zero attached hydrogens (tertiary/aromatic N) is 1. The highest BCUT2D eigenvalue weighted by molar-refractivity contribution is 7.19. The number of hydrogen-bond acceptors (Lipinski definition) is 3. The van der Waals surface area contributed by atoms with E-state index in [2.05, 4.69) is 16.4 Å². The Kier molecular flexibility index (Phi) is 2.49. The highest BCUT2D eigenvalue weighted by Crippen LogP contribution is 2.25. The molecular weight excluding hydrogens is 204 g/mol. The summed E-state index contributed by atoms with van der Waals surface area (Å²) < 4.78 is 1.19. The quantitative estimate of drug-likeness (QED) is 0.775. The van der Waals surface area contributed by atoms with E-state index in [1.807, 2.05) is 19.2 Å². The number of fused-ring (bicyclic) bond motifs is 1. The summed E-state index contributed by atoms with van der Waals surface area (Å²) in [5.41, 5.74) is 0.989. The maximum atomic E-state index is 5.78. The molecule has 2 nitrogen and oxygen atoms in total. The van der Waals surface area contributed by atoms with Crippen molar-refractivity contribution >= 4 is 33.2 Å². The summed E-state index contributed by atoms with van der Waals surface area (Å²) in [7, 11) is 1.94. The van der Waals surface area contributed by atoms with Crippen molar-refractivity contribution < 1.29 is 0 Å². The number of pyridine rings is 1. The van der Waals surface area contributed by atoms with Gasteiger partial charge in [0, 0.05) is 11.4 Å². The summed E-state index contributed by atoms with van der Waals surface area (Å²) >= 11 is 7.53. The lowest BCUT2D eigenvalue weighted by atomic mass is 10.4. The molecule has 2 rings (SSSR count). The minimum Gasteiger partial charge on any atom is -0.315 e. The van der Waals surface area contributed by atoms with Crippen molar-refractivity contribution in [1.82, 2.24) is 10.3 Å². The zero-order chi connectivity index (χ0) is 9.26. The Morgan fingerprint density at radius 3 is 3.15 bits per heavy atom. The van der Waals surface area contributed by atoms with Gasteiger partial charge in [-0.3, -0.25) is 0 Å². The Balaban J connectivity index is 2.49. The second-order valence-electron chi connectivity index (χ2n) is 2.76. The number of rotatable bonds is 2. The van der Waals surface area contributed by atoms with Gasteiger partial charge in [0.1, 0.15) is 5.15 Å². The highest BCUT2D eigenvalue weighted by Gasteiger charge is 2.02. The molecule has 1 N–H and O–H groups in total. The molecule has 2 aromatic rings. The van der Waals surface area contributed by atoms with Gasteiger partial charge in [-0.2, -0.15) is 0 Å². The Morgan fingerprint density at radius 2 is 2.38 bits per heavy atom. The van der Waals surface area contributed by atoms with E-state index < -0.39 is 0 Å². The number of aromatic nitrogens is 1. The summed E-state index contributed by atoms with van der Waals surface area (Å²) in [4.78, 5) is 5.51. The summed E-state index contributed by atoms with van der Waals surface area (Å²) in [6, 6.07) is 5.90. The van der Waals surface area contributed by atoms with Gasteiger partial charge in [0.2, 0.25) is 0 Å². The average Bonchev–Trinajstić information content (AvgIpc) is 2.46. The normalized spacial score (nSPS) is 10.9. The van der Waals surface area contributed by atoms with Crippen molar-refractivity contribution in [3.63, 3.8) is 0 Å². The molecule has 2 heterocycles. The summed E-state index contributed by atoms with van der Waals surface area (Å²) in [6.07, 6.45) is 0. The van der Waals surface area contributed by atoms with Crippen molar-refractivity contribution in [1.29, 1.82) is 0 Å². The molecule has 0 bridgehead atoms. The monoisotopic (exact) mass is 212 g/mol. The summed E-state index contributed by atoms with van der Waals surface area (Å²) in [5.74, 6) is 0. The van der Waals surface area contributed by atoms with Crippen LogP contribution in [-0.2, 0) is 6.54 Å². The van der Waals surface area contributed by atoms with Crippen LogP contribution in [0.25, 0.3) is 10.2 Å². The largest absolute Gasteiger partial charge is 0.315 e. The van der Waals surface area contributed by atoms with Crippen LogP contribution in [0.5, 0.6) is 0 Å². The van der Waals surface area contributed by atoms with Crippen LogP contribution in [0.15, 0.2) is 18.2 Å². The zero-order valence-electron chi connectivity index (χ0n) is 7.17. The zero-order valence-corrected chi connectivity index (χ0v) is 8.75. The first-order chi connectivity index (χ1) is 6.29. The van der Waals surface area contributed by atoms with Gasteiger partial charge in [0.25, 0.3) is 0 Å². The molecule has 0 aliphatic carbocycles. The van der Waals surface area contributed by atoms with Crippen LogP contribution < -0.4 is 5.32 Å². The van der Waals surface area contributed by atoms with Crippen molar-refractivity contribution in [2.75, 3.05) is 7.05 Å². The van der Waals surface area contributed by atoms with E-state index in [4.69, 9.17) is 11.6 Å². The van der Waals surface area contributed by atoms with E-state index >= 15 is 0 Å². The minimum absolute atomic E-state index is 0.557. The van der Waals surface area contributed by atoms with Crippen molar-refractivity contribution in [2.45, 2.75) is 6.54 Å². The Bertz CT molecular complexity index is 424. The number of halogens is 1. The lowest BCUT2D eigenvalue weighted by molar-refractivity contribution is 0.832.